The van der Waals surface area contributed by atoms with E-state index < -0.39 is 17.5 Å². The molecule has 1 fully saturated rings. The summed E-state index contributed by atoms with van der Waals surface area (Å²) in [5.41, 5.74) is 2.88. The van der Waals surface area contributed by atoms with Crippen molar-refractivity contribution in [2.24, 2.45) is 0 Å². The topological polar surface area (TPSA) is 49.3 Å². The van der Waals surface area contributed by atoms with Crippen LogP contribution in [-0.2, 0) is 0 Å². The fourth-order valence-corrected chi connectivity index (χ4v) is 3.34. The maximum atomic E-state index is 13.9. The summed E-state index contributed by atoms with van der Waals surface area (Å²) in [7, 11) is 0. The molecule has 0 N–H and O–H groups in total. The summed E-state index contributed by atoms with van der Waals surface area (Å²) in [4.78, 5) is 16.1. The average Bonchev–Trinajstić information content (AvgIpc) is 2.74. The summed E-state index contributed by atoms with van der Waals surface area (Å²) in [6.45, 7) is 4.02. The monoisotopic (exact) mass is 394 g/mol. The van der Waals surface area contributed by atoms with E-state index in [4.69, 9.17) is 0 Å². The lowest BCUT2D eigenvalue weighted by Gasteiger charge is -2.35. The van der Waals surface area contributed by atoms with Crippen molar-refractivity contribution in [2.45, 2.75) is 6.92 Å². The molecule has 1 aliphatic rings. The molecule has 4 rings (SSSR count). The van der Waals surface area contributed by atoms with Crippen LogP contribution in [0, 0.1) is 18.6 Å². The molecule has 0 saturated carbocycles. The number of amides is 1. The van der Waals surface area contributed by atoms with E-state index in [0.717, 1.165) is 29.2 Å². The van der Waals surface area contributed by atoms with Crippen molar-refractivity contribution in [3.63, 3.8) is 0 Å². The first-order valence-corrected chi connectivity index (χ1v) is 9.41. The van der Waals surface area contributed by atoms with Crippen molar-refractivity contribution in [3.8, 4) is 11.3 Å². The molecule has 1 amide bonds. The first kappa shape index (κ1) is 19.0. The van der Waals surface area contributed by atoms with Crippen LogP contribution in [-0.4, -0.2) is 47.2 Å². The van der Waals surface area contributed by atoms with Crippen LogP contribution >= 0.6 is 0 Å². The van der Waals surface area contributed by atoms with E-state index in [1.54, 1.807) is 4.90 Å². The number of hydrogen-bond donors (Lipinski definition) is 0. The van der Waals surface area contributed by atoms with E-state index >= 15 is 0 Å². The number of carbonyl (C=O) groups excluding carboxylic acids is 1. The van der Waals surface area contributed by atoms with Gasteiger partial charge in [-0.3, -0.25) is 4.79 Å². The number of hydrogen-bond acceptors (Lipinski definition) is 4. The Balaban J connectivity index is 1.40. The summed E-state index contributed by atoms with van der Waals surface area (Å²) >= 11 is 0. The zero-order chi connectivity index (χ0) is 20.4. The molecule has 0 spiro atoms. The van der Waals surface area contributed by atoms with Crippen LogP contribution in [0.2, 0.25) is 0 Å². The molecular formula is C22H20F2N4O. The van der Waals surface area contributed by atoms with Gasteiger partial charge in [0.1, 0.15) is 11.6 Å². The molecule has 2 aromatic carbocycles. The second-order valence-electron chi connectivity index (χ2n) is 7.05. The van der Waals surface area contributed by atoms with Crippen molar-refractivity contribution in [2.75, 3.05) is 31.1 Å². The second-order valence-corrected chi connectivity index (χ2v) is 7.05. The minimum absolute atomic E-state index is 0.109. The lowest BCUT2D eigenvalue weighted by molar-refractivity contribution is 0.0741. The molecule has 0 atom stereocenters. The van der Waals surface area contributed by atoms with E-state index in [1.165, 1.54) is 11.6 Å². The van der Waals surface area contributed by atoms with E-state index in [9.17, 15) is 13.6 Å². The molecule has 0 unspecified atom stereocenters. The summed E-state index contributed by atoms with van der Waals surface area (Å²) < 4.78 is 26.9. The third-order valence-corrected chi connectivity index (χ3v) is 5.05. The average molecular weight is 394 g/mol. The molecule has 1 saturated heterocycles. The number of aryl methyl sites for hydroxylation is 1. The smallest absolute Gasteiger partial charge is 0.256 e. The maximum absolute atomic E-state index is 13.9. The Hall–Kier alpha value is -3.35. The normalized spacial score (nSPS) is 14.2. The number of piperazine rings is 1. The van der Waals surface area contributed by atoms with Gasteiger partial charge < -0.3 is 9.80 Å². The number of aromatic nitrogens is 2. The van der Waals surface area contributed by atoms with Crippen LogP contribution in [0.25, 0.3) is 11.3 Å². The summed E-state index contributed by atoms with van der Waals surface area (Å²) in [6.07, 6.45) is 0. The van der Waals surface area contributed by atoms with Crippen molar-refractivity contribution in [1.29, 1.82) is 0 Å². The quantitative estimate of drug-likeness (QED) is 0.680. The molecule has 3 aromatic rings. The van der Waals surface area contributed by atoms with E-state index in [2.05, 4.69) is 10.2 Å². The summed E-state index contributed by atoms with van der Waals surface area (Å²) in [6, 6.07) is 14.9. The van der Waals surface area contributed by atoms with Gasteiger partial charge in [-0.25, -0.2) is 8.78 Å². The number of rotatable bonds is 3. The van der Waals surface area contributed by atoms with Gasteiger partial charge in [0.2, 0.25) is 0 Å². The molecule has 2 heterocycles. The molecular weight excluding hydrogens is 374 g/mol. The van der Waals surface area contributed by atoms with Crippen LogP contribution in [0.3, 0.4) is 0 Å². The SMILES string of the molecule is Cc1ccc(-c2ccc(N3CCN(C(=O)c4ccc(F)cc4F)CC3)nn2)cc1. The van der Waals surface area contributed by atoms with Crippen LogP contribution < -0.4 is 4.90 Å². The van der Waals surface area contributed by atoms with Gasteiger partial charge in [-0.05, 0) is 31.2 Å². The minimum atomic E-state index is -0.838. The number of halogens is 2. The third kappa shape index (κ3) is 4.08. The van der Waals surface area contributed by atoms with Gasteiger partial charge in [-0.1, -0.05) is 29.8 Å². The standard InChI is InChI=1S/C22H20F2N4O/c1-15-2-4-16(5-3-15)20-8-9-21(26-25-20)27-10-12-28(13-11-27)22(29)18-7-6-17(23)14-19(18)24/h2-9,14H,10-13H2,1H3. The molecule has 0 bridgehead atoms. The van der Waals surface area contributed by atoms with Gasteiger partial charge in [0.05, 0.1) is 11.3 Å². The van der Waals surface area contributed by atoms with Gasteiger partial charge in [0.15, 0.2) is 5.82 Å². The number of nitrogens with zero attached hydrogens (tertiary/aromatic N) is 4. The fourth-order valence-electron chi connectivity index (χ4n) is 3.34. The Bertz CT molecular complexity index is 1010. The first-order valence-electron chi connectivity index (χ1n) is 9.41. The number of benzene rings is 2. The lowest BCUT2D eigenvalue weighted by Crippen LogP contribution is -2.49. The predicted molar refractivity (Wildman–Crippen MR) is 107 cm³/mol. The second kappa shape index (κ2) is 7.95. The van der Waals surface area contributed by atoms with Gasteiger partial charge in [-0.2, -0.15) is 0 Å². The molecule has 0 aliphatic carbocycles. The Morgan fingerprint density at radius 1 is 0.897 bits per heavy atom. The van der Waals surface area contributed by atoms with Crippen LogP contribution in [0.4, 0.5) is 14.6 Å². The molecule has 1 aromatic heterocycles. The summed E-state index contributed by atoms with van der Waals surface area (Å²) in [5.74, 6) is -1.23. The largest absolute Gasteiger partial charge is 0.352 e. The van der Waals surface area contributed by atoms with Gasteiger partial charge >= 0.3 is 0 Å². The van der Waals surface area contributed by atoms with Gasteiger partial charge in [-0.15, -0.1) is 10.2 Å². The minimum Gasteiger partial charge on any atom is -0.352 e. The van der Waals surface area contributed by atoms with Crippen LogP contribution in [0.1, 0.15) is 15.9 Å². The fraction of sp³-hybridized carbons (Fsp3) is 0.227. The molecule has 148 valence electrons. The zero-order valence-electron chi connectivity index (χ0n) is 16.0. The number of anilines is 1. The highest BCUT2D eigenvalue weighted by Crippen LogP contribution is 2.20. The molecule has 29 heavy (non-hydrogen) atoms. The van der Waals surface area contributed by atoms with E-state index in [0.29, 0.717) is 26.2 Å². The van der Waals surface area contributed by atoms with Gasteiger partial charge in [0, 0.05) is 37.8 Å². The lowest BCUT2D eigenvalue weighted by atomic mass is 10.1. The Morgan fingerprint density at radius 3 is 2.24 bits per heavy atom. The van der Waals surface area contributed by atoms with Crippen molar-refractivity contribution in [3.05, 3.63) is 77.4 Å². The van der Waals surface area contributed by atoms with Crippen LogP contribution in [0.5, 0.6) is 0 Å². The zero-order valence-corrected chi connectivity index (χ0v) is 16.0. The highest BCUT2D eigenvalue weighted by Gasteiger charge is 2.25. The van der Waals surface area contributed by atoms with Crippen molar-refractivity contribution in [1.82, 2.24) is 15.1 Å². The Morgan fingerprint density at radius 2 is 1.62 bits per heavy atom. The Kier molecular flexibility index (Phi) is 5.20. The highest BCUT2D eigenvalue weighted by atomic mass is 19.1. The maximum Gasteiger partial charge on any atom is 0.256 e. The highest BCUT2D eigenvalue weighted by molar-refractivity contribution is 5.94. The molecule has 7 heteroatoms. The van der Waals surface area contributed by atoms with E-state index in [1.807, 2.05) is 48.2 Å². The number of carbonyl (C=O) groups is 1. The third-order valence-electron chi connectivity index (χ3n) is 5.05. The summed E-state index contributed by atoms with van der Waals surface area (Å²) in [5, 5.41) is 8.64. The first-order chi connectivity index (χ1) is 14.0. The van der Waals surface area contributed by atoms with Crippen LogP contribution in [0.15, 0.2) is 54.6 Å². The molecule has 5 nitrogen and oxygen atoms in total. The van der Waals surface area contributed by atoms with Gasteiger partial charge in [0.25, 0.3) is 5.91 Å². The van der Waals surface area contributed by atoms with E-state index in [-0.39, 0.29) is 5.56 Å². The molecule has 0 radical (unpaired) electrons. The van der Waals surface area contributed by atoms with Crippen molar-refractivity contribution >= 4 is 11.7 Å². The molecule has 1 aliphatic heterocycles. The van der Waals surface area contributed by atoms with Crippen molar-refractivity contribution < 1.29 is 13.6 Å². The predicted octanol–water partition coefficient (Wildman–Crippen LogP) is 3.69. The Labute approximate surface area is 167 Å².